The van der Waals surface area contributed by atoms with E-state index < -0.39 is 0 Å². The van der Waals surface area contributed by atoms with E-state index >= 15 is 0 Å². The zero-order chi connectivity index (χ0) is 27.6. The fourth-order valence-corrected chi connectivity index (χ4v) is 5.78. The second-order valence-corrected chi connectivity index (χ2v) is 11.0. The summed E-state index contributed by atoms with van der Waals surface area (Å²) in [6.45, 7) is 6.03. The molecule has 0 radical (unpaired) electrons. The molecule has 0 saturated carbocycles. The number of amides is 2. The van der Waals surface area contributed by atoms with Crippen LogP contribution in [0.15, 0.2) is 59.8 Å². The molecule has 2 amide bonds. The lowest BCUT2D eigenvalue weighted by atomic mass is 10.1. The summed E-state index contributed by atoms with van der Waals surface area (Å²) < 4.78 is 7.46. The van der Waals surface area contributed by atoms with E-state index in [0.717, 1.165) is 59.4 Å². The van der Waals surface area contributed by atoms with Crippen molar-refractivity contribution in [2.75, 3.05) is 32.5 Å². The number of aromatic nitrogens is 3. The number of piperazine rings is 1. The van der Waals surface area contributed by atoms with Gasteiger partial charge in [-0.3, -0.25) is 14.2 Å². The third-order valence-electron chi connectivity index (χ3n) is 7.04. The zero-order valence-electron chi connectivity index (χ0n) is 23.2. The summed E-state index contributed by atoms with van der Waals surface area (Å²) in [6.07, 6.45) is 4.96. The van der Waals surface area contributed by atoms with Gasteiger partial charge in [-0.05, 0) is 44.0 Å². The van der Waals surface area contributed by atoms with Gasteiger partial charge in [0, 0.05) is 55.5 Å². The highest BCUT2D eigenvalue weighted by Gasteiger charge is 2.29. The van der Waals surface area contributed by atoms with Gasteiger partial charge in [-0.25, -0.2) is 0 Å². The average Bonchev–Trinajstić information content (AvgIpc) is 3.39. The van der Waals surface area contributed by atoms with Crippen molar-refractivity contribution in [2.24, 2.45) is 0 Å². The van der Waals surface area contributed by atoms with Gasteiger partial charge in [-0.2, -0.15) is 0 Å². The number of unbranched alkanes of at least 4 members (excludes halogenated alkanes) is 2. The van der Waals surface area contributed by atoms with Crippen molar-refractivity contribution in [2.45, 2.75) is 63.6 Å². The van der Waals surface area contributed by atoms with Crippen LogP contribution in [0.4, 0.5) is 0 Å². The predicted molar refractivity (Wildman–Crippen MR) is 155 cm³/mol. The lowest BCUT2D eigenvalue weighted by Gasteiger charge is -2.40. The van der Waals surface area contributed by atoms with Gasteiger partial charge in [0.15, 0.2) is 11.0 Å². The predicted octanol–water partition coefficient (Wildman–Crippen LogP) is 5.45. The van der Waals surface area contributed by atoms with E-state index in [4.69, 9.17) is 4.74 Å². The molecule has 1 fully saturated rings. The van der Waals surface area contributed by atoms with E-state index in [0.29, 0.717) is 32.5 Å². The first-order chi connectivity index (χ1) is 19.0. The molecule has 0 spiro atoms. The molecule has 0 aliphatic carbocycles. The first kappa shape index (κ1) is 28.7. The van der Waals surface area contributed by atoms with E-state index in [1.54, 1.807) is 18.9 Å². The molecule has 9 heteroatoms. The Hall–Kier alpha value is -3.33. The van der Waals surface area contributed by atoms with Crippen LogP contribution in [0.5, 0.6) is 5.75 Å². The van der Waals surface area contributed by atoms with Crippen LogP contribution in [0.25, 0.3) is 17.1 Å². The Morgan fingerprint density at radius 2 is 1.77 bits per heavy atom. The Balaban J connectivity index is 1.33. The third kappa shape index (κ3) is 7.41. The SMILES string of the molecule is CCCCCC(=O)N1CCN(C(=O)CCCSc2nnc(-c3cccc(OC)c3)n2-c2ccccc2)CC1C. The van der Waals surface area contributed by atoms with E-state index in [1.807, 2.05) is 71.3 Å². The van der Waals surface area contributed by atoms with Crippen LogP contribution in [-0.4, -0.2) is 74.9 Å². The first-order valence-corrected chi connectivity index (χ1v) is 14.9. The number of carbonyl (C=O) groups excluding carboxylic acids is 2. The highest BCUT2D eigenvalue weighted by Crippen LogP contribution is 2.30. The van der Waals surface area contributed by atoms with Gasteiger partial charge in [0.1, 0.15) is 5.75 Å². The van der Waals surface area contributed by atoms with Crippen molar-refractivity contribution in [1.29, 1.82) is 0 Å². The maximum absolute atomic E-state index is 12.9. The minimum Gasteiger partial charge on any atom is -0.497 e. The molecule has 1 saturated heterocycles. The number of rotatable bonds is 12. The Morgan fingerprint density at radius 1 is 0.974 bits per heavy atom. The average molecular weight is 550 g/mol. The molecule has 1 aliphatic rings. The zero-order valence-corrected chi connectivity index (χ0v) is 24.0. The molecule has 8 nitrogen and oxygen atoms in total. The number of carbonyl (C=O) groups is 2. The Kier molecular flexibility index (Phi) is 10.4. The number of hydrogen-bond donors (Lipinski definition) is 0. The first-order valence-electron chi connectivity index (χ1n) is 13.9. The fraction of sp³-hybridized carbons (Fsp3) is 0.467. The van der Waals surface area contributed by atoms with Crippen molar-refractivity contribution in [3.05, 3.63) is 54.6 Å². The van der Waals surface area contributed by atoms with Crippen LogP contribution in [0, 0.1) is 0 Å². The van der Waals surface area contributed by atoms with E-state index in [-0.39, 0.29) is 17.9 Å². The summed E-state index contributed by atoms with van der Waals surface area (Å²) in [5, 5.41) is 9.79. The molecule has 2 aromatic carbocycles. The van der Waals surface area contributed by atoms with Gasteiger partial charge in [0.2, 0.25) is 11.8 Å². The van der Waals surface area contributed by atoms with Gasteiger partial charge in [0.25, 0.3) is 0 Å². The van der Waals surface area contributed by atoms with Crippen LogP contribution in [0.1, 0.15) is 52.4 Å². The lowest BCUT2D eigenvalue weighted by Crippen LogP contribution is -2.55. The van der Waals surface area contributed by atoms with E-state index in [1.165, 1.54) is 0 Å². The minimum atomic E-state index is 0.0608. The molecule has 208 valence electrons. The van der Waals surface area contributed by atoms with Crippen LogP contribution in [-0.2, 0) is 9.59 Å². The summed E-state index contributed by atoms with van der Waals surface area (Å²) in [6, 6.07) is 17.9. The van der Waals surface area contributed by atoms with Crippen molar-refractivity contribution in [3.63, 3.8) is 0 Å². The van der Waals surface area contributed by atoms with Gasteiger partial charge < -0.3 is 14.5 Å². The molecule has 3 aromatic rings. The van der Waals surface area contributed by atoms with Gasteiger partial charge in [0.05, 0.1) is 7.11 Å². The summed E-state index contributed by atoms with van der Waals surface area (Å²) in [7, 11) is 1.65. The maximum atomic E-state index is 12.9. The van der Waals surface area contributed by atoms with Gasteiger partial charge >= 0.3 is 0 Å². The highest BCUT2D eigenvalue weighted by atomic mass is 32.2. The topological polar surface area (TPSA) is 80.6 Å². The van der Waals surface area contributed by atoms with Crippen molar-refractivity contribution >= 4 is 23.6 Å². The Morgan fingerprint density at radius 3 is 2.51 bits per heavy atom. The largest absolute Gasteiger partial charge is 0.497 e. The number of thioether (sulfide) groups is 1. The minimum absolute atomic E-state index is 0.0608. The molecule has 1 aliphatic heterocycles. The molecule has 2 heterocycles. The molecule has 0 N–H and O–H groups in total. The number of nitrogens with zero attached hydrogens (tertiary/aromatic N) is 5. The summed E-state index contributed by atoms with van der Waals surface area (Å²) in [5.41, 5.74) is 1.90. The molecule has 1 unspecified atom stereocenters. The molecule has 4 rings (SSSR count). The second-order valence-electron chi connectivity index (χ2n) is 9.89. The molecular weight excluding hydrogens is 510 g/mol. The standard InChI is InChI=1S/C30H39N5O3S/c1-4-5-7-16-28(37)34-19-18-33(22-23(34)2)27(36)17-11-20-39-30-32-31-29(24-12-10-15-26(21-24)38-3)35(30)25-13-8-6-9-14-25/h6,8-10,12-15,21,23H,4-5,7,11,16-20,22H2,1-3H3. The third-order valence-corrected chi connectivity index (χ3v) is 8.05. The van der Waals surface area contributed by atoms with Crippen LogP contribution >= 0.6 is 11.8 Å². The lowest BCUT2D eigenvalue weighted by molar-refractivity contribution is -0.142. The molecule has 39 heavy (non-hydrogen) atoms. The van der Waals surface area contributed by atoms with Crippen LogP contribution < -0.4 is 4.74 Å². The number of para-hydroxylation sites is 1. The maximum Gasteiger partial charge on any atom is 0.222 e. The smallest absolute Gasteiger partial charge is 0.222 e. The molecule has 0 bridgehead atoms. The van der Waals surface area contributed by atoms with E-state index in [9.17, 15) is 9.59 Å². The number of methoxy groups -OCH3 is 1. The Bertz CT molecular complexity index is 1230. The monoisotopic (exact) mass is 549 g/mol. The number of hydrogen-bond acceptors (Lipinski definition) is 6. The van der Waals surface area contributed by atoms with Crippen molar-refractivity contribution in [3.8, 4) is 22.8 Å². The Labute approximate surface area is 235 Å². The van der Waals surface area contributed by atoms with Gasteiger partial charge in [-0.15, -0.1) is 10.2 Å². The second kappa shape index (κ2) is 14.2. The summed E-state index contributed by atoms with van der Waals surface area (Å²) in [5.74, 6) is 2.63. The van der Waals surface area contributed by atoms with Crippen LogP contribution in [0.3, 0.4) is 0 Å². The summed E-state index contributed by atoms with van der Waals surface area (Å²) in [4.78, 5) is 29.4. The number of ether oxygens (including phenoxy) is 1. The summed E-state index contributed by atoms with van der Waals surface area (Å²) >= 11 is 1.60. The van der Waals surface area contributed by atoms with Crippen molar-refractivity contribution in [1.82, 2.24) is 24.6 Å². The highest BCUT2D eigenvalue weighted by molar-refractivity contribution is 7.99. The van der Waals surface area contributed by atoms with Crippen molar-refractivity contribution < 1.29 is 14.3 Å². The number of benzene rings is 2. The quantitative estimate of drug-likeness (QED) is 0.221. The van der Waals surface area contributed by atoms with Gasteiger partial charge in [-0.1, -0.05) is 61.9 Å². The fourth-order valence-electron chi connectivity index (χ4n) is 4.89. The molecule has 1 atom stereocenters. The molecular formula is C30H39N5O3S. The van der Waals surface area contributed by atoms with Crippen LogP contribution in [0.2, 0.25) is 0 Å². The normalized spacial score (nSPS) is 15.4. The molecule has 1 aromatic heterocycles. The van der Waals surface area contributed by atoms with E-state index in [2.05, 4.69) is 21.7 Å².